The predicted octanol–water partition coefficient (Wildman–Crippen LogP) is 4.92. The van der Waals surface area contributed by atoms with Crippen molar-refractivity contribution in [3.05, 3.63) is 50.7 Å². The second kappa shape index (κ2) is 8.83. The van der Waals surface area contributed by atoms with Crippen LogP contribution >= 0.6 is 34.5 Å². The molecule has 0 aliphatic heterocycles. The van der Waals surface area contributed by atoms with Crippen molar-refractivity contribution in [3.63, 3.8) is 0 Å². The lowest BCUT2D eigenvalue weighted by atomic mass is 10.3. The number of benzene rings is 1. The first-order valence-electron chi connectivity index (χ1n) is 9.20. The number of halogens is 5. The zero-order valence-electron chi connectivity index (χ0n) is 17.1. The number of rotatable bonds is 6. The number of para-hydroxylation sites is 2. The maximum Gasteiger partial charge on any atom is 0.430 e. The summed E-state index contributed by atoms with van der Waals surface area (Å²) in [4.78, 5) is 11.1. The minimum Gasteiger partial charge on any atom is -0.456 e. The van der Waals surface area contributed by atoms with E-state index in [9.17, 15) is 21.6 Å². The number of nitrogens with one attached hydrogen (secondary N) is 1. The van der Waals surface area contributed by atoms with E-state index in [1.165, 1.54) is 26.1 Å². The quantitative estimate of drug-likeness (QED) is 0.361. The monoisotopic (exact) mass is 552 g/mol. The summed E-state index contributed by atoms with van der Waals surface area (Å²) in [5.41, 5.74) is 0.467. The maximum atomic E-state index is 13.9. The number of thiazole rings is 1. The van der Waals surface area contributed by atoms with Gasteiger partial charge in [-0.2, -0.15) is 18.3 Å². The first-order valence-corrected chi connectivity index (χ1v) is 12.3. The first kappa shape index (κ1) is 24.4. The van der Waals surface area contributed by atoms with Crippen LogP contribution in [0.5, 0.6) is 5.88 Å². The summed E-state index contributed by atoms with van der Waals surface area (Å²) in [5, 5.41) is 3.74. The Balaban J connectivity index is 1.83. The van der Waals surface area contributed by atoms with E-state index in [0.717, 1.165) is 10.9 Å². The van der Waals surface area contributed by atoms with Gasteiger partial charge in [-0.25, -0.2) is 23.4 Å². The molecule has 0 fully saturated rings. The van der Waals surface area contributed by atoms with Crippen LogP contribution in [0.25, 0.3) is 11.0 Å². The van der Waals surface area contributed by atoms with Gasteiger partial charge in [0.15, 0.2) is 4.47 Å². The third kappa shape index (κ3) is 4.76. The van der Waals surface area contributed by atoms with Gasteiger partial charge in [0, 0.05) is 13.2 Å². The topological polar surface area (TPSA) is 112 Å². The molecule has 0 aliphatic rings. The first-order chi connectivity index (χ1) is 15.9. The molecule has 0 amide bonds. The van der Waals surface area contributed by atoms with Gasteiger partial charge < -0.3 is 4.74 Å². The molecule has 16 heteroatoms. The number of sulfonamides is 1. The Morgan fingerprint density at radius 2 is 1.82 bits per heavy atom. The van der Waals surface area contributed by atoms with Crippen LogP contribution in [0.15, 0.2) is 35.4 Å². The number of alkyl halides is 3. The van der Waals surface area contributed by atoms with E-state index < -0.39 is 34.0 Å². The lowest BCUT2D eigenvalue weighted by molar-refractivity contribution is -0.197. The Morgan fingerprint density at radius 1 is 1.18 bits per heavy atom. The van der Waals surface area contributed by atoms with Crippen LogP contribution in [0, 0.1) is 6.92 Å². The van der Waals surface area contributed by atoms with Gasteiger partial charge in [0.1, 0.15) is 10.0 Å². The Morgan fingerprint density at radius 3 is 2.35 bits per heavy atom. The molecule has 1 N–H and O–H groups in total. The highest BCUT2D eigenvalue weighted by Gasteiger charge is 2.45. The Kier molecular flexibility index (Phi) is 6.35. The molecular weight excluding hydrogens is 540 g/mol. The fourth-order valence-corrected chi connectivity index (χ4v) is 5.77. The van der Waals surface area contributed by atoms with E-state index in [1.54, 1.807) is 12.1 Å². The molecule has 1 unspecified atom stereocenters. The van der Waals surface area contributed by atoms with E-state index in [4.69, 9.17) is 27.9 Å². The molecule has 180 valence electrons. The fraction of sp³-hybridized carbons (Fsp3) is 0.222. The van der Waals surface area contributed by atoms with Crippen molar-refractivity contribution < 1.29 is 26.3 Å². The highest BCUT2D eigenvalue weighted by atomic mass is 35.5. The van der Waals surface area contributed by atoms with Crippen molar-refractivity contribution in [2.45, 2.75) is 24.1 Å². The minimum absolute atomic E-state index is 0.0729. The second-order valence-corrected chi connectivity index (χ2v) is 10.5. The zero-order chi connectivity index (χ0) is 24.8. The van der Waals surface area contributed by atoms with Crippen molar-refractivity contribution >= 4 is 61.4 Å². The third-order valence-corrected chi connectivity index (χ3v) is 7.61. The second-order valence-electron chi connectivity index (χ2n) is 6.86. The lowest BCUT2D eigenvalue weighted by Gasteiger charge is -2.21. The number of anilines is 1. The van der Waals surface area contributed by atoms with Gasteiger partial charge in [-0.3, -0.25) is 9.40 Å². The van der Waals surface area contributed by atoms with Gasteiger partial charge in [-0.05, 0) is 19.1 Å². The van der Waals surface area contributed by atoms with Crippen LogP contribution < -0.4 is 9.46 Å². The molecule has 1 aromatic carbocycles. The number of hydrogen-bond donors (Lipinski definition) is 1. The van der Waals surface area contributed by atoms with Gasteiger partial charge in [0.2, 0.25) is 11.9 Å². The number of aromatic nitrogens is 5. The standard InChI is InChI=1S/C18H13Cl2F3N6O3S2/c1-8-12(14(19)29(2)27-8)34(30,31)28-15-16(26-10-6-4-3-5-9(10)25-15)32-13(18(21,22)23)11-7-24-17(20)33-11/h3-7,13H,1-2H3,(H,25,28). The van der Waals surface area contributed by atoms with Crippen LogP contribution in [-0.2, 0) is 17.1 Å². The van der Waals surface area contributed by atoms with E-state index in [2.05, 4.69) is 24.8 Å². The van der Waals surface area contributed by atoms with Crippen LogP contribution in [-0.4, -0.2) is 39.3 Å². The van der Waals surface area contributed by atoms with Crippen molar-refractivity contribution in [2.75, 3.05) is 4.72 Å². The molecule has 3 heterocycles. The Hall–Kier alpha value is -2.68. The van der Waals surface area contributed by atoms with E-state index in [0.29, 0.717) is 11.3 Å². The Labute approximate surface area is 204 Å². The highest BCUT2D eigenvalue weighted by Crippen LogP contribution is 2.41. The SMILES string of the molecule is Cc1nn(C)c(Cl)c1S(=O)(=O)Nc1nc2ccccc2nc1OC(c1cnc(Cl)s1)C(F)(F)F. The summed E-state index contributed by atoms with van der Waals surface area (Å²) in [7, 11) is -3.00. The summed E-state index contributed by atoms with van der Waals surface area (Å²) in [6.07, 6.45) is -6.51. The molecule has 4 rings (SSSR count). The number of nitrogens with zero attached hydrogens (tertiary/aromatic N) is 5. The number of aryl methyl sites for hydroxylation is 2. The number of hydrogen-bond acceptors (Lipinski definition) is 8. The smallest absolute Gasteiger partial charge is 0.430 e. The summed E-state index contributed by atoms with van der Waals surface area (Å²) in [6.45, 7) is 1.41. The molecule has 0 saturated heterocycles. The van der Waals surface area contributed by atoms with Crippen molar-refractivity contribution in [3.8, 4) is 5.88 Å². The summed E-state index contributed by atoms with van der Waals surface area (Å²) in [5.74, 6) is -1.27. The molecule has 3 aromatic heterocycles. The number of ether oxygens (including phenoxy) is 1. The predicted molar refractivity (Wildman–Crippen MR) is 120 cm³/mol. The molecule has 0 spiro atoms. The summed E-state index contributed by atoms with van der Waals surface area (Å²) in [6, 6.07) is 6.20. The van der Waals surface area contributed by atoms with E-state index >= 15 is 0 Å². The highest BCUT2D eigenvalue weighted by molar-refractivity contribution is 7.92. The van der Waals surface area contributed by atoms with E-state index in [1.807, 2.05) is 0 Å². The van der Waals surface area contributed by atoms with Crippen LogP contribution in [0.2, 0.25) is 9.62 Å². The Bertz CT molecular complexity index is 1490. The molecule has 9 nitrogen and oxygen atoms in total. The summed E-state index contributed by atoms with van der Waals surface area (Å²) < 4.78 is 76.1. The van der Waals surface area contributed by atoms with Gasteiger partial charge in [0.25, 0.3) is 15.9 Å². The van der Waals surface area contributed by atoms with Gasteiger partial charge in [-0.1, -0.05) is 35.3 Å². The van der Waals surface area contributed by atoms with Crippen molar-refractivity contribution in [1.82, 2.24) is 24.7 Å². The molecular formula is C18H13Cl2F3N6O3S2. The van der Waals surface area contributed by atoms with Gasteiger partial charge >= 0.3 is 6.18 Å². The van der Waals surface area contributed by atoms with Gasteiger partial charge in [-0.15, -0.1) is 11.3 Å². The van der Waals surface area contributed by atoms with Crippen molar-refractivity contribution in [2.24, 2.45) is 7.05 Å². The molecule has 1 atom stereocenters. The third-order valence-electron chi connectivity index (χ3n) is 4.42. The fourth-order valence-electron chi connectivity index (χ4n) is 3.01. The average Bonchev–Trinajstić information content (AvgIpc) is 3.27. The molecule has 0 saturated carbocycles. The molecule has 0 bridgehead atoms. The van der Waals surface area contributed by atoms with Crippen LogP contribution in [0.3, 0.4) is 0 Å². The molecule has 34 heavy (non-hydrogen) atoms. The molecule has 0 aliphatic carbocycles. The average molecular weight is 553 g/mol. The lowest BCUT2D eigenvalue weighted by Crippen LogP contribution is -2.26. The molecule has 4 aromatic rings. The normalized spacial score (nSPS) is 13.3. The summed E-state index contributed by atoms with van der Waals surface area (Å²) >= 11 is 12.3. The van der Waals surface area contributed by atoms with E-state index in [-0.39, 0.29) is 36.1 Å². The van der Waals surface area contributed by atoms with Crippen molar-refractivity contribution in [1.29, 1.82) is 0 Å². The largest absolute Gasteiger partial charge is 0.456 e. The maximum absolute atomic E-state index is 13.9. The van der Waals surface area contributed by atoms with Crippen LogP contribution in [0.4, 0.5) is 19.0 Å². The molecule has 0 radical (unpaired) electrons. The number of fused-ring (bicyclic) bond motifs is 1. The van der Waals surface area contributed by atoms with Gasteiger partial charge in [0.05, 0.1) is 21.6 Å². The van der Waals surface area contributed by atoms with Crippen LogP contribution in [0.1, 0.15) is 16.7 Å². The minimum atomic E-state index is -4.90. The zero-order valence-corrected chi connectivity index (χ0v) is 20.3.